The average molecular weight is 343 g/mol. The summed E-state index contributed by atoms with van der Waals surface area (Å²) in [4.78, 5) is 26.1. The fourth-order valence-electron chi connectivity index (χ4n) is 2.80. The van der Waals surface area contributed by atoms with E-state index < -0.39 is 6.04 Å². The molecule has 0 aromatic heterocycles. The van der Waals surface area contributed by atoms with E-state index in [1.165, 1.54) is 10.5 Å². The minimum Gasteiger partial charge on any atom is -0.373 e. The van der Waals surface area contributed by atoms with Crippen LogP contribution in [0.25, 0.3) is 0 Å². The van der Waals surface area contributed by atoms with E-state index in [1.54, 1.807) is 24.3 Å². The van der Waals surface area contributed by atoms with Gasteiger partial charge in [0.05, 0.1) is 12.1 Å². The van der Waals surface area contributed by atoms with Gasteiger partial charge in [0.2, 0.25) is 5.91 Å². The van der Waals surface area contributed by atoms with Crippen molar-refractivity contribution in [3.8, 4) is 0 Å². The summed E-state index contributed by atoms with van der Waals surface area (Å²) in [5.41, 5.74) is 2.57. The minimum absolute atomic E-state index is 0.136. The molecule has 1 unspecified atom stereocenters. The second-order valence-corrected chi connectivity index (χ2v) is 6.66. The molecule has 1 N–H and O–H groups in total. The van der Waals surface area contributed by atoms with Crippen LogP contribution in [0.1, 0.15) is 31.7 Å². The Labute approximate surface area is 146 Å². The molecule has 2 aromatic carbocycles. The largest absolute Gasteiger partial charge is 0.373 e. The number of nitrogens with one attached hydrogen (secondary N) is 1. The lowest BCUT2D eigenvalue weighted by Gasteiger charge is -2.16. The molecule has 1 fully saturated rings. The first-order valence-electron chi connectivity index (χ1n) is 7.94. The Kier molecular flexibility index (Phi) is 4.58. The number of carbonyl (C=O) groups is 2. The van der Waals surface area contributed by atoms with Gasteiger partial charge in [0.15, 0.2) is 0 Å². The highest BCUT2D eigenvalue weighted by Gasteiger charge is 2.39. The Hall–Kier alpha value is -2.33. The van der Waals surface area contributed by atoms with Crippen LogP contribution in [-0.2, 0) is 9.59 Å². The van der Waals surface area contributed by atoms with Gasteiger partial charge in [-0.1, -0.05) is 43.6 Å². The molecule has 0 bridgehead atoms. The van der Waals surface area contributed by atoms with Gasteiger partial charge in [0, 0.05) is 10.7 Å². The van der Waals surface area contributed by atoms with Gasteiger partial charge in [0.1, 0.15) is 6.04 Å². The summed E-state index contributed by atoms with van der Waals surface area (Å²) in [6.07, 6.45) is 0.136. The first kappa shape index (κ1) is 16.5. The number of carbonyl (C=O) groups excluding carboxylic acids is 2. The molecular formula is C19H19ClN2O2. The van der Waals surface area contributed by atoms with E-state index in [1.807, 2.05) is 24.3 Å². The fourth-order valence-corrected chi connectivity index (χ4v) is 2.98. The molecule has 3 rings (SSSR count). The highest BCUT2D eigenvalue weighted by Crippen LogP contribution is 2.27. The van der Waals surface area contributed by atoms with Crippen molar-refractivity contribution < 1.29 is 9.59 Å². The molecular weight excluding hydrogens is 324 g/mol. The van der Waals surface area contributed by atoms with E-state index in [0.29, 0.717) is 16.6 Å². The topological polar surface area (TPSA) is 49.4 Å². The Morgan fingerprint density at radius 2 is 1.83 bits per heavy atom. The molecule has 1 aliphatic heterocycles. The third-order valence-electron chi connectivity index (χ3n) is 4.13. The number of imide groups is 1. The van der Waals surface area contributed by atoms with Crippen LogP contribution in [0.2, 0.25) is 5.02 Å². The third kappa shape index (κ3) is 3.29. The molecule has 4 nitrogen and oxygen atoms in total. The van der Waals surface area contributed by atoms with Crippen molar-refractivity contribution in [3.63, 3.8) is 0 Å². The number of hydrogen-bond acceptors (Lipinski definition) is 3. The summed E-state index contributed by atoms with van der Waals surface area (Å²) in [5.74, 6) is -0.0270. The van der Waals surface area contributed by atoms with Crippen molar-refractivity contribution in [2.24, 2.45) is 0 Å². The molecule has 2 aromatic rings. The number of hydrogen-bond donors (Lipinski definition) is 1. The van der Waals surface area contributed by atoms with Gasteiger partial charge < -0.3 is 5.32 Å². The van der Waals surface area contributed by atoms with Crippen LogP contribution in [0, 0.1) is 0 Å². The van der Waals surface area contributed by atoms with Gasteiger partial charge >= 0.3 is 0 Å². The summed E-state index contributed by atoms with van der Waals surface area (Å²) in [7, 11) is 0. The number of anilines is 2. The average Bonchev–Trinajstić information content (AvgIpc) is 2.82. The lowest BCUT2D eigenvalue weighted by Crippen LogP contribution is -2.34. The summed E-state index contributed by atoms with van der Waals surface area (Å²) in [6.45, 7) is 4.26. The van der Waals surface area contributed by atoms with Crippen LogP contribution in [0.15, 0.2) is 48.5 Å². The van der Waals surface area contributed by atoms with Gasteiger partial charge in [-0.25, -0.2) is 4.90 Å². The maximum atomic E-state index is 12.6. The van der Waals surface area contributed by atoms with Crippen molar-refractivity contribution in [2.75, 3.05) is 10.2 Å². The number of benzene rings is 2. The first-order chi connectivity index (χ1) is 11.5. The van der Waals surface area contributed by atoms with Gasteiger partial charge in [-0.3, -0.25) is 9.59 Å². The third-order valence-corrected chi connectivity index (χ3v) is 4.37. The van der Waals surface area contributed by atoms with Crippen LogP contribution < -0.4 is 10.2 Å². The standard InChI is InChI=1S/C19H19ClN2O2/c1-12(2)13-6-8-15(9-7-13)21-17-11-18(23)22(19(17)24)16-5-3-4-14(20)10-16/h3-10,12,17,21H,11H2,1-2H3. The van der Waals surface area contributed by atoms with E-state index in [4.69, 9.17) is 11.6 Å². The summed E-state index contributed by atoms with van der Waals surface area (Å²) in [5, 5.41) is 3.65. The lowest BCUT2D eigenvalue weighted by atomic mass is 10.0. The van der Waals surface area contributed by atoms with Crippen LogP contribution >= 0.6 is 11.6 Å². The SMILES string of the molecule is CC(C)c1ccc(NC2CC(=O)N(c3cccc(Cl)c3)C2=O)cc1. The van der Waals surface area contributed by atoms with Crippen molar-refractivity contribution >= 4 is 34.8 Å². The van der Waals surface area contributed by atoms with E-state index >= 15 is 0 Å². The second kappa shape index (κ2) is 6.65. The van der Waals surface area contributed by atoms with Crippen molar-refractivity contribution in [1.82, 2.24) is 0 Å². The van der Waals surface area contributed by atoms with Crippen LogP contribution in [-0.4, -0.2) is 17.9 Å². The number of nitrogens with zero attached hydrogens (tertiary/aromatic N) is 1. The lowest BCUT2D eigenvalue weighted by molar-refractivity contribution is -0.121. The van der Waals surface area contributed by atoms with E-state index in [-0.39, 0.29) is 18.2 Å². The zero-order chi connectivity index (χ0) is 17.3. The molecule has 124 valence electrons. The molecule has 1 saturated heterocycles. The molecule has 0 aliphatic carbocycles. The van der Waals surface area contributed by atoms with Gasteiger partial charge in [-0.15, -0.1) is 0 Å². The molecule has 0 saturated carbocycles. The quantitative estimate of drug-likeness (QED) is 0.847. The van der Waals surface area contributed by atoms with E-state index in [2.05, 4.69) is 19.2 Å². The van der Waals surface area contributed by atoms with Crippen LogP contribution in [0.3, 0.4) is 0 Å². The number of halogens is 1. The smallest absolute Gasteiger partial charge is 0.256 e. The Morgan fingerprint density at radius 3 is 2.46 bits per heavy atom. The molecule has 1 heterocycles. The summed E-state index contributed by atoms with van der Waals surface area (Å²) in [6, 6.07) is 14.2. The predicted octanol–water partition coefficient (Wildman–Crippen LogP) is 4.21. The Bertz CT molecular complexity index is 771. The molecule has 1 atom stereocenters. The maximum Gasteiger partial charge on any atom is 0.256 e. The predicted molar refractivity (Wildman–Crippen MR) is 96.5 cm³/mol. The molecule has 5 heteroatoms. The molecule has 1 aliphatic rings. The molecule has 0 spiro atoms. The normalized spacial score (nSPS) is 17.7. The highest BCUT2D eigenvalue weighted by molar-refractivity contribution is 6.31. The zero-order valence-corrected chi connectivity index (χ0v) is 14.4. The number of rotatable bonds is 4. The van der Waals surface area contributed by atoms with Crippen molar-refractivity contribution in [3.05, 3.63) is 59.1 Å². The number of amides is 2. The highest BCUT2D eigenvalue weighted by atomic mass is 35.5. The molecule has 2 amide bonds. The van der Waals surface area contributed by atoms with Gasteiger partial charge in [-0.05, 0) is 41.8 Å². The Morgan fingerprint density at radius 1 is 1.12 bits per heavy atom. The molecule has 24 heavy (non-hydrogen) atoms. The van der Waals surface area contributed by atoms with E-state index in [9.17, 15) is 9.59 Å². The summed E-state index contributed by atoms with van der Waals surface area (Å²) >= 11 is 5.96. The monoisotopic (exact) mass is 342 g/mol. The maximum absolute atomic E-state index is 12.6. The van der Waals surface area contributed by atoms with Gasteiger partial charge in [0.25, 0.3) is 5.91 Å². The second-order valence-electron chi connectivity index (χ2n) is 6.23. The Balaban J connectivity index is 1.76. The zero-order valence-electron chi connectivity index (χ0n) is 13.6. The van der Waals surface area contributed by atoms with Crippen LogP contribution in [0.5, 0.6) is 0 Å². The fraction of sp³-hybridized carbons (Fsp3) is 0.263. The summed E-state index contributed by atoms with van der Waals surface area (Å²) < 4.78 is 0. The first-order valence-corrected chi connectivity index (χ1v) is 8.32. The van der Waals surface area contributed by atoms with Crippen LogP contribution in [0.4, 0.5) is 11.4 Å². The minimum atomic E-state index is -0.554. The van der Waals surface area contributed by atoms with E-state index in [0.717, 1.165) is 5.69 Å². The van der Waals surface area contributed by atoms with Crippen molar-refractivity contribution in [1.29, 1.82) is 0 Å². The van der Waals surface area contributed by atoms with Crippen molar-refractivity contribution in [2.45, 2.75) is 32.2 Å². The van der Waals surface area contributed by atoms with Gasteiger partial charge in [-0.2, -0.15) is 0 Å². The molecule has 0 radical (unpaired) electrons.